The fourth-order valence-electron chi connectivity index (χ4n) is 4.55. The number of carbonyl (C=O) groups is 1. The van der Waals surface area contributed by atoms with Gasteiger partial charge < -0.3 is 24.2 Å². The normalized spacial score (nSPS) is 18.6. The maximum absolute atomic E-state index is 13.6. The molecule has 8 heteroatoms. The molecule has 2 heterocycles. The minimum atomic E-state index is -0.610. The Hall–Kier alpha value is -2.13. The van der Waals surface area contributed by atoms with Crippen LogP contribution in [0.2, 0.25) is 0 Å². The van der Waals surface area contributed by atoms with Crippen LogP contribution in [0.3, 0.4) is 0 Å². The number of fused-ring (bicyclic) bond motifs is 1. The molecule has 1 saturated carbocycles. The highest BCUT2D eigenvalue weighted by molar-refractivity contribution is 7.10. The molecule has 0 spiro atoms. The summed E-state index contributed by atoms with van der Waals surface area (Å²) < 4.78 is 17.1. The third kappa shape index (κ3) is 7.43. The van der Waals surface area contributed by atoms with Crippen LogP contribution < -0.4 is 9.47 Å². The summed E-state index contributed by atoms with van der Waals surface area (Å²) >= 11 is 1.75. The number of hydrogen-bond acceptors (Lipinski definition) is 7. The van der Waals surface area contributed by atoms with Crippen molar-refractivity contribution in [3.63, 3.8) is 0 Å². The molecule has 1 aromatic carbocycles. The largest absolute Gasteiger partial charge is 0.497 e. The van der Waals surface area contributed by atoms with Crippen LogP contribution in [0.1, 0.15) is 43.2 Å². The van der Waals surface area contributed by atoms with E-state index in [0.29, 0.717) is 32.2 Å². The minimum absolute atomic E-state index is 0.0710. The summed E-state index contributed by atoms with van der Waals surface area (Å²) in [6.07, 6.45) is 2.72. The second-order valence-corrected chi connectivity index (χ2v) is 10.8. The molecule has 1 aliphatic heterocycles. The Morgan fingerprint density at radius 1 is 1.26 bits per heavy atom. The first kappa shape index (κ1) is 25.9. The fourth-order valence-corrected chi connectivity index (χ4v) is 5.47. The molecule has 2 atom stereocenters. The van der Waals surface area contributed by atoms with Gasteiger partial charge in [-0.25, -0.2) is 0 Å². The Bertz CT molecular complexity index is 961. The molecule has 2 unspecified atom stereocenters. The van der Waals surface area contributed by atoms with Crippen LogP contribution in [0.5, 0.6) is 11.5 Å². The lowest BCUT2D eigenvalue weighted by Gasteiger charge is -2.37. The van der Waals surface area contributed by atoms with Crippen molar-refractivity contribution in [1.29, 1.82) is 0 Å². The summed E-state index contributed by atoms with van der Waals surface area (Å²) in [5.41, 5.74) is 1.18. The molecule has 1 amide bonds. The summed E-state index contributed by atoms with van der Waals surface area (Å²) in [6.45, 7) is 6.84. The molecule has 0 radical (unpaired) electrons. The lowest BCUT2D eigenvalue weighted by atomic mass is 10.0. The smallest absolute Gasteiger partial charge is 0.237 e. The van der Waals surface area contributed by atoms with Crippen LogP contribution in [-0.2, 0) is 16.0 Å². The molecule has 4 rings (SSSR count). The number of amides is 1. The monoisotopic (exact) mass is 502 g/mol. The van der Waals surface area contributed by atoms with Crippen molar-refractivity contribution >= 4 is 17.2 Å². The summed E-state index contributed by atoms with van der Waals surface area (Å²) in [4.78, 5) is 19.0. The van der Waals surface area contributed by atoms with Crippen LogP contribution in [0.25, 0.3) is 0 Å². The van der Waals surface area contributed by atoms with Crippen molar-refractivity contribution in [2.75, 3.05) is 46.5 Å². The highest BCUT2D eigenvalue weighted by Crippen LogP contribution is 2.35. The first-order valence-electron chi connectivity index (χ1n) is 12.6. The van der Waals surface area contributed by atoms with E-state index in [-0.39, 0.29) is 24.7 Å². The van der Waals surface area contributed by atoms with Gasteiger partial charge in [-0.2, -0.15) is 0 Å². The van der Waals surface area contributed by atoms with E-state index in [0.717, 1.165) is 24.5 Å². The van der Waals surface area contributed by atoms with E-state index in [1.807, 2.05) is 43.0 Å². The first-order valence-corrected chi connectivity index (χ1v) is 13.5. The number of aliphatic hydroxyl groups excluding tert-OH is 1. The van der Waals surface area contributed by atoms with Gasteiger partial charge in [-0.3, -0.25) is 9.69 Å². The van der Waals surface area contributed by atoms with E-state index in [9.17, 15) is 9.90 Å². The molecule has 35 heavy (non-hydrogen) atoms. The third-order valence-corrected chi connectivity index (χ3v) is 7.52. The number of benzene rings is 1. The van der Waals surface area contributed by atoms with Gasteiger partial charge in [0.1, 0.15) is 18.1 Å². The van der Waals surface area contributed by atoms with Crippen molar-refractivity contribution in [3.05, 3.63) is 46.2 Å². The minimum Gasteiger partial charge on any atom is -0.497 e. The van der Waals surface area contributed by atoms with E-state index in [1.165, 1.54) is 23.3 Å². The maximum Gasteiger partial charge on any atom is 0.237 e. The standard InChI is InChI=1S/C27H38N2O5S/c1-19(2)33-17-21(30)15-28(14-20-7-8-20)16-27(31)29-11-9-26-24(10-12-35-26)25(29)18-34-23-6-4-5-22(13-23)32-3/h4-6,10,12-13,19-21,25,30H,7-9,11,14-18H2,1-3H3. The van der Waals surface area contributed by atoms with Gasteiger partial charge in [-0.05, 0) is 68.2 Å². The average molecular weight is 503 g/mol. The molecule has 2 aliphatic rings. The Labute approximate surface area is 212 Å². The molecule has 192 valence electrons. The SMILES string of the molecule is COc1cccc(OCC2c3ccsc3CCN2C(=O)CN(CC(O)COC(C)C)CC2CC2)c1. The topological polar surface area (TPSA) is 71.5 Å². The van der Waals surface area contributed by atoms with E-state index in [1.54, 1.807) is 18.4 Å². The average Bonchev–Trinajstić information content (AvgIpc) is 3.52. The Morgan fingerprint density at radius 3 is 2.80 bits per heavy atom. The molecule has 2 aromatic rings. The molecule has 1 N–H and O–H groups in total. The number of nitrogens with zero attached hydrogens (tertiary/aromatic N) is 2. The summed E-state index contributed by atoms with van der Waals surface area (Å²) in [5, 5.41) is 12.6. The maximum atomic E-state index is 13.6. The fraction of sp³-hybridized carbons (Fsp3) is 0.593. The predicted octanol–water partition coefficient (Wildman–Crippen LogP) is 3.76. The molecule has 0 bridgehead atoms. The Balaban J connectivity index is 1.43. The number of carbonyl (C=O) groups excluding carboxylic acids is 1. The number of aliphatic hydroxyl groups is 1. The zero-order valence-electron chi connectivity index (χ0n) is 21.0. The number of hydrogen-bond donors (Lipinski definition) is 1. The lowest BCUT2D eigenvalue weighted by Crippen LogP contribution is -2.48. The molecule has 1 aromatic heterocycles. The molecule has 1 aliphatic carbocycles. The van der Waals surface area contributed by atoms with Gasteiger partial charge in [0.2, 0.25) is 5.91 Å². The van der Waals surface area contributed by atoms with Crippen LogP contribution in [0.15, 0.2) is 35.7 Å². The number of ether oxygens (including phenoxy) is 3. The van der Waals surface area contributed by atoms with Crippen LogP contribution in [0.4, 0.5) is 0 Å². The molecular formula is C27H38N2O5S. The first-order chi connectivity index (χ1) is 16.9. The molecular weight excluding hydrogens is 464 g/mol. The molecule has 0 saturated heterocycles. The van der Waals surface area contributed by atoms with Crippen molar-refractivity contribution in [1.82, 2.24) is 9.80 Å². The summed E-state index contributed by atoms with van der Waals surface area (Å²) in [5.74, 6) is 2.17. The van der Waals surface area contributed by atoms with Crippen LogP contribution >= 0.6 is 11.3 Å². The zero-order valence-corrected chi connectivity index (χ0v) is 21.8. The number of rotatable bonds is 13. The Morgan fingerprint density at radius 2 is 2.06 bits per heavy atom. The molecule has 1 fully saturated rings. The molecule has 7 nitrogen and oxygen atoms in total. The summed E-state index contributed by atoms with van der Waals surface area (Å²) in [7, 11) is 1.64. The van der Waals surface area contributed by atoms with Crippen molar-refractivity contribution in [2.24, 2.45) is 5.92 Å². The van der Waals surface area contributed by atoms with E-state index in [4.69, 9.17) is 14.2 Å². The Kier molecular flexibility index (Phi) is 9.05. The second kappa shape index (κ2) is 12.2. The third-order valence-electron chi connectivity index (χ3n) is 6.53. The number of thiophene rings is 1. The highest BCUT2D eigenvalue weighted by Gasteiger charge is 2.34. The van der Waals surface area contributed by atoms with Gasteiger partial charge in [0.05, 0.1) is 38.5 Å². The van der Waals surface area contributed by atoms with E-state index >= 15 is 0 Å². The van der Waals surface area contributed by atoms with E-state index < -0.39 is 6.10 Å². The van der Waals surface area contributed by atoms with Gasteiger partial charge >= 0.3 is 0 Å². The quantitative estimate of drug-likeness (QED) is 0.450. The second-order valence-electron chi connectivity index (χ2n) is 9.82. The van der Waals surface area contributed by atoms with Crippen molar-refractivity contribution in [2.45, 2.75) is 51.4 Å². The highest BCUT2D eigenvalue weighted by atomic mass is 32.1. The van der Waals surface area contributed by atoms with Gasteiger partial charge in [-0.1, -0.05) is 6.07 Å². The van der Waals surface area contributed by atoms with Crippen molar-refractivity contribution in [3.8, 4) is 11.5 Å². The van der Waals surface area contributed by atoms with Gasteiger partial charge in [0.15, 0.2) is 0 Å². The summed E-state index contributed by atoms with van der Waals surface area (Å²) in [6, 6.07) is 9.54. The number of methoxy groups -OCH3 is 1. The van der Waals surface area contributed by atoms with Gasteiger partial charge in [-0.15, -0.1) is 11.3 Å². The lowest BCUT2D eigenvalue weighted by molar-refractivity contribution is -0.136. The predicted molar refractivity (Wildman–Crippen MR) is 137 cm³/mol. The van der Waals surface area contributed by atoms with Crippen LogP contribution in [0, 0.1) is 5.92 Å². The van der Waals surface area contributed by atoms with E-state index in [2.05, 4.69) is 16.3 Å². The van der Waals surface area contributed by atoms with Gasteiger partial charge in [0, 0.05) is 30.6 Å². The van der Waals surface area contributed by atoms with Crippen LogP contribution in [-0.4, -0.2) is 79.5 Å². The zero-order chi connectivity index (χ0) is 24.8. The van der Waals surface area contributed by atoms with Crippen molar-refractivity contribution < 1.29 is 24.1 Å². The van der Waals surface area contributed by atoms with Gasteiger partial charge in [0.25, 0.3) is 0 Å².